The molecule has 0 atom stereocenters. The molecular weight excluding hydrogens is 252 g/mol. The van der Waals surface area contributed by atoms with Crippen molar-refractivity contribution in [1.82, 2.24) is 9.97 Å². The molecule has 0 spiro atoms. The highest BCUT2D eigenvalue weighted by Gasteiger charge is 2.06. The standard InChI is InChI=1S/C12H11BrN2/c1-2-10-11(7-15-8-12(10)13)9-3-5-14-6-4-9/h3-8H,2H2,1H3. The molecule has 0 amide bonds. The normalized spacial score (nSPS) is 10.3. The van der Waals surface area contributed by atoms with Gasteiger partial charge >= 0.3 is 0 Å². The zero-order valence-corrected chi connectivity index (χ0v) is 10.0. The number of rotatable bonds is 2. The van der Waals surface area contributed by atoms with Gasteiger partial charge in [0.25, 0.3) is 0 Å². The fourth-order valence-electron chi connectivity index (χ4n) is 1.60. The summed E-state index contributed by atoms with van der Waals surface area (Å²) in [5, 5.41) is 0. The van der Waals surface area contributed by atoms with E-state index in [2.05, 4.69) is 32.8 Å². The van der Waals surface area contributed by atoms with Crippen LogP contribution in [0.2, 0.25) is 0 Å². The summed E-state index contributed by atoms with van der Waals surface area (Å²) in [5.41, 5.74) is 3.63. The summed E-state index contributed by atoms with van der Waals surface area (Å²) in [6.07, 6.45) is 8.33. The molecule has 0 N–H and O–H groups in total. The second-order valence-corrected chi connectivity index (χ2v) is 4.09. The molecule has 15 heavy (non-hydrogen) atoms. The Hall–Kier alpha value is -1.22. The van der Waals surface area contributed by atoms with Crippen LogP contribution in [-0.4, -0.2) is 9.97 Å². The molecule has 2 rings (SSSR count). The highest BCUT2D eigenvalue weighted by atomic mass is 79.9. The second kappa shape index (κ2) is 4.53. The summed E-state index contributed by atoms with van der Waals surface area (Å²) in [5.74, 6) is 0. The topological polar surface area (TPSA) is 25.8 Å². The fraction of sp³-hybridized carbons (Fsp3) is 0.167. The van der Waals surface area contributed by atoms with Crippen molar-refractivity contribution >= 4 is 15.9 Å². The van der Waals surface area contributed by atoms with Gasteiger partial charge in [-0.2, -0.15) is 0 Å². The third-order valence-electron chi connectivity index (χ3n) is 2.35. The molecule has 0 aliphatic carbocycles. The molecule has 3 heteroatoms. The third kappa shape index (κ3) is 2.07. The van der Waals surface area contributed by atoms with E-state index in [0.29, 0.717) is 0 Å². The molecule has 0 aliphatic rings. The Labute approximate surface area is 97.5 Å². The maximum absolute atomic E-state index is 4.20. The minimum absolute atomic E-state index is 0.987. The molecule has 0 aromatic carbocycles. The largest absolute Gasteiger partial charge is 0.265 e. The van der Waals surface area contributed by atoms with Gasteiger partial charge in [0, 0.05) is 34.8 Å². The van der Waals surface area contributed by atoms with E-state index in [1.807, 2.05) is 24.5 Å². The zero-order valence-electron chi connectivity index (χ0n) is 8.44. The van der Waals surface area contributed by atoms with Crippen molar-refractivity contribution in [1.29, 1.82) is 0 Å². The van der Waals surface area contributed by atoms with Gasteiger partial charge in [-0.25, -0.2) is 0 Å². The molecule has 0 saturated carbocycles. The average molecular weight is 263 g/mol. The molecule has 0 aliphatic heterocycles. The predicted molar refractivity (Wildman–Crippen MR) is 64.5 cm³/mol. The minimum atomic E-state index is 0.987. The van der Waals surface area contributed by atoms with Crippen molar-refractivity contribution in [2.75, 3.05) is 0 Å². The number of hydrogen-bond donors (Lipinski definition) is 0. The van der Waals surface area contributed by atoms with Crippen molar-refractivity contribution in [2.45, 2.75) is 13.3 Å². The van der Waals surface area contributed by atoms with Crippen LogP contribution in [0.25, 0.3) is 11.1 Å². The van der Waals surface area contributed by atoms with E-state index in [-0.39, 0.29) is 0 Å². The molecule has 2 heterocycles. The molecule has 76 valence electrons. The Morgan fingerprint density at radius 2 is 1.87 bits per heavy atom. The molecule has 2 nitrogen and oxygen atoms in total. The Morgan fingerprint density at radius 3 is 2.53 bits per heavy atom. The molecule has 2 aromatic heterocycles. The Balaban J connectivity index is 2.58. The summed E-state index contributed by atoms with van der Waals surface area (Å²) in [4.78, 5) is 8.22. The molecular formula is C12H11BrN2. The van der Waals surface area contributed by atoms with Crippen LogP contribution >= 0.6 is 15.9 Å². The average Bonchev–Trinajstić information content (AvgIpc) is 2.30. The van der Waals surface area contributed by atoms with Crippen LogP contribution < -0.4 is 0 Å². The second-order valence-electron chi connectivity index (χ2n) is 3.24. The van der Waals surface area contributed by atoms with Crippen LogP contribution in [0, 0.1) is 0 Å². The van der Waals surface area contributed by atoms with Crippen LogP contribution in [0.3, 0.4) is 0 Å². The van der Waals surface area contributed by atoms with Crippen molar-refractivity contribution in [3.8, 4) is 11.1 Å². The van der Waals surface area contributed by atoms with Crippen molar-refractivity contribution < 1.29 is 0 Å². The highest BCUT2D eigenvalue weighted by molar-refractivity contribution is 9.10. The van der Waals surface area contributed by atoms with Crippen LogP contribution in [-0.2, 0) is 6.42 Å². The van der Waals surface area contributed by atoms with Gasteiger partial charge in [0.2, 0.25) is 0 Å². The van der Waals surface area contributed by atoms with Crippen LogP contribution in [0.1, 0.15) is 12.5 Å². The monoisotopic (exact) mass is 262 g/mol. The third-order valence-corrected chi connectivity index (χ3v) is 3.03. The van der Waals surface area contributed by atoms with Gasteiger partial charge < -0.3 is 0 Å². The van der Waals surface area contributed by atoms with E-state index in [9.17, 15) is 0 Å². The molecule has 0 unspecified atom stereocenters. The van der Waals surface area contributed by atoms with E-state index < -0.39 is 0 Å². The van der Waals surface area contributed by atoms with Gasteiger partial charge in [-0.1, -0.05) is 6.92 Å². The SMILES string of the molecule is CCc1c(Br)cncc1-c1ccncc1. The first-order chi connectivity index (χ1) is 7.33. The van der Waals surface area contributed by atoms with Gasteiger partial charge in [-0.05, 0) is 45.6 Å². The quantitative estimate of drug-likeness (QED) is 0.829. The van der Waals surface area contributed by atoms with E-state index >= 15 is 0 Å². The predicted octanol–water partition coefficient (Wildman–Crippen LogP) is 3.47. The Kier molecular flexibility index (Phi) is 3.11. The zero-order chi connectivity index (χ0) is 10.7. The van der Waals surface area contributed by atoms with Crippen molar-refractivity contribution in [2.24, 2.45) is 0 Å². The summed E-state index contributed by atoms with van der Waals surface area (Å²) in [6, 6.07) is 4.01. The van der Waals surface area contributed by atoms with Crippen LogP contribution in [0.4, 0.5) is 0 Å². The van der Waals surface area contributed by atoms with Crippen molar-refractivity contribution in [3.05, 3.63) is 47.0 Å². The lowest BCUT2D eigenvalue weighted by molar-refractivity contribution is 1.10. The summed E-state index contributed by atoms with van der Waals surface area (Å²) < 4.78 is 1.07. The van der Waals surface area contributed by atoms with Crippen molar-refractivity contribution in [3.63, 3.8) is 0 Å². The first-order valence-electron chi connectivity index (χ1n) is 4.85. The number of hydrogen-bond acceptors (Lipinski definition) is 2. The van der Waals surface area contributed by atoms with Crippen LogP contribution in [0.15, 0.2) is 41.4 Å². The van der Waals surface area contributed by atoms with Gasteiger partial charge in [0.15, 0.2) is 0 Å². The lowest BCUT2D eigenvalue weighted by Crippen LogP contribution is -1.91. The summed E-state index contributed by atoms with van der Waals surface area (Å²) in [6.45, 7) is 2.14. The van der Waals surface area contributed by atoms with Gasteiger partial charge in [-0.15, -0.1) is 0 Å². The van der Waals surface area contributed by atoms with Gasteiger partial charge in [-0.3, -0.25) is 9.97 Å². The van der Waals surface area contributed by atoms with E-state index in [1.165, 1.54) is 11.1 Å². The molecule has 0 bridgehead atoms. The van der Waals surface area contributed by atoms with E-state index in [1.54, 1.807) is 12.4 Å². The molecule has 0 fully saturated rings. The van der Waals surface area contributed by atoms with E-state index in [4.69, 9.17) is 0 Å². The first kappa shape index (κ1) is 10.3. The first-order valence-corrected chi connectivity index (χ1v) is 5.65. The maximum atomic E-state index is 4.20. The Bertz CT molecular complexity index is 454. The molecule has 0 saturated heterocycles. The number of halogens is 1. The van der Waals surface area contributed by atoms with E-state index in [0.717, 1.165) is 16.5 Å². The minimum Gasteiger partial charge on any atom is -0.265 e. The highest BCUT2D eigenvalue weighted by Crippen LogP contribution is 2.28. The lowest BCUT2D eigenvalue weighted by atomic mass is 10.0. The fourth-order valence-corrected chi connectivity index (χ4v) is 2.21. The Morgan fingerprint density at radius 1 is 1.13 bits per heavy atom. The number of aromatic nitrogens is 2. The number of nitrogens with zero attached hydrogens (tertiary/aromatic N) is 2. The van der Waals surface area contributed by atoms with Crippen LogP contribution in [0.5, 0.6) is 0 Å². The van der Waals surface area contributed by atoms with Gasteiger partial charge in [0.05, 0.1) is 0 Å². The summed E-state index contributed by atoms with van der Waals surface area (Å²) >= 11 is 3.53. The smallest absolute Gasteiger partial charge is 0.0413 e. The summed E-state index contributed by atoms with van der Waals surface area (Å²) in [7, 11) is 0. The maximum Gasteiger partial charge on any atom is 0.0413 e. The molecule has 0 radical (unpaired) electrons. The lowest BCUT2D eigenvalue weighted by Gasteiger charge is -2.08. The van der Waals surface area contributed by atoms with Gasteiger partial charge in [0.1, 0.15) is 0 Å². The molecule has 2 aromatic rings. The number of pyridine rings is 2.